The first-order valence-electron chi connectivity index (χ1n) is 10.6. The van der Waals surface area contributed by atoms with Crippen molar-refractivity contribution in [1.29, 1.82) is 0 Å². The number of anilines is 2. The van der Waals surface area contributed by atoms with E-state index in [0.717, 1.165) is 18.4 Å². The number of amides is 2. The zero-order valence-electron chi connectivity index (χ0n) is 18.6. The van der Waals surface area contributed by atoms with Gasteiger partial charge in [0.2, 0.25) is 21.8 Å². The molecule has 0 radical (unpaired) electrons. The SMILES string of the molecule is CCCCNS(=O)(=O)c1ccc(NC(=O)C2CC(=O)N(c3cc(C)ccc3OC)C2)cc1. The lowest BCUT2D eigenvalue weighted by Gasteiger charge is -2.20. The fourth-order valence-corrected chi connectivity index (χ4v) is 4.63. The minimum Gasteiger partial charge on any atom is -0.495 e. The van der Waals surface area contributed by atoms with Crippen LogP contribution in [0.5, 0.6) is 5.75 Å². The van der Waals surface area contributed by atoms with Gasteiger partial charge in [-0.05, 0) is 55.3 Å². The van der Waals surface area contributed by atoms with E-state index in [1.54, 1.807) is 30.2 Å². The number of unbranched alkanes of at least 4 members (excludes halogenated alkanes) is 1. The normalized spacial score (nSPS) is 16.3. The Labute approximate surface area is 189 Å². The number of nitrogens with zero attached hydrogens (tertiary/aromatic N) is 1. The van der Waals surface area contributed by atoms with Crippen LogP contribution >= 0.6 is 0 Å². The molecule has 1 atom stereocenters. The van der Waals surface area contributed by atoms with Crippen molar-refractivity contribution in [2.75, 3.05) is 30.4 Å². The van der Waals surface area contributed by atoms with Crippen molar-refractivity contribution >= 4 is 33.2 Å². The monoisotopic (exact) mass is 459 g/mol. The zero-order valence-corrected chi connectivity index (χ0v) is 19.4. The van der Waals surface area contributed by atoms with Gasteiger partial charge < -0.3 is 15.0 Å². The predicted molar refractivity (Wildman–Crippen MR) is 123 cm³/mol. The molecule has 0 spiro atoms. The van der Waals surface area contributed by atoms with Gasteiger partial charge in [-0.3, -0.25) is 9.59 Å². The maximum Gasteiger partial charge on any atom is 0.240 e. The van der Waals surface area contributed by atoms with E-state index in [1.807, 2.05) is 26.0 Å². The van der Waals surface area contributed by atoms with Crippen molar-refractivity contribution in [2.24, 2.45) is 5.92 Å². The molecular weight excluding hydrogens is 430 g/mol. The fraction of sp³-hybridized carbons (Fsp3) is 0.391. The molecule has 0 aliphatic carbocycles. The number of ether oxygens (including phenoxy) is 1. The van der Waals surface area contributed by atoms with Gasteiger partial charge in [0, 0.05) is 25.2 Å². The average Bonchev–Trinajstić information content (AvgIpc) is 3.16. The fourth-order valence-electron chi connectivity index (χ4n) is 3.56. The van der Waals surface area contributed by atoms with Gasteiger partial charge in [-0.15, -0.1) is 0 Å². The predicted octanol–water partition coefficient (Wildman–Crippen LogP) is 3.07. The Morgan fingerprint density at radius 1 is 1.19 bits per heavy atom. The summed E-state index contributed by atoms with van der Waals surface area (Å²) in [5.41, 5.74) is 2.11. The Bertz CT molecular complexity index is 1080. The van der Waals surface area contributed by atoms with E-state index >= 15 is 0 Å². The molecule has 2 aromatic carbocycles. The van der Waals surface area contributed by atoms with Crippen LogP contribution in [0.25, 0.3) is 0 Å². The molecule has 9 heteroatoms. The van der Waals surface area contributed by atoms with Gasteiger partial charge in [-0.2, -0.15) is 0 Å². The van der Waals surface area contributed by atoms with Crippen LogP contribution in [0, 0.1) is 12.8 Å². The molecule has 172 valence electrons. The Morgan fingerprint density at radius 2 is 1.91 bits per heavy atom. The lowest BCUT2D eigenvalue weighted by Crippen LogP contribution is -2.28. The molecule has 32 heavy (non-hydrogen) atoms. The second-order valence-electron chi connectivity index (χ2n) is 7.85. The number of sulfonamides is 1. The van der Waals surface area contributed by atoms with Crippen LogP contribution in [0.4, 0.5) is 11.4 Å². The van der Waals surface area contributed by atoms with Gasteiger partial charge in [0.05, 0.1) is 23.6 Å². The molecule has 1 heterocycles. The van der Waals surface area contributed by atoms with E-state index in [-0.39, 0.29) is 29.7 Å². The Morgan fingerprint density at radius 3 is 2.56 bits per heavy atom. The Hall–Kier alpha value is -2.91. The molecule has 0 saturated carbocycles. The number of benzene rings is 2. The summed E-state index contributed by atoms with van der Waals surface area (Å²) < 4.78 is 32.5. The highest BCUT2D eigenvalue weighted by molar-refractivity contribution is 7.89. The molecule has 0 aromatic heterocycles. The molecule has 1 fully saturated rings. The summed E-state index contributed by atoms with van der Waals surface area (Å²) in [6, 6.07) is 11.6. The third-order valence-electron chi connectivity index (χ3n) is 5.38. The van der Waals surface area contributed by atoms with Crippen LogP contribution in [-0.4, -0.2) is 40.4 Å². The van der Waals surface area contributed by atoms with Crippen LogP contribution in [-0.2, 0) is 19.6 Å². The maximum absolute atomic E-state index is 12.8. The highest BCUT2D eigenvalue weighted by Crippen LogP contribution is 2.34. The molecule has 2 amide bonds. The Kier molecular flexibility index (Phi) is 7.52. The minimum absolute atomic E-state index is 0.0940. The van der Waals surface area contributed by atoms with Crippen molar-refractivity contribution in [3.63, 3.8) is 0 Å². The molecule has 1 aliphatic rings. The first-order chi connectivity index (χ1) is 15.2. The highest BCUT2D eigenvalue weighted by Gasteiger charge is 2.36. The van der Waals surface area contributed by atoms with Crippen LogP contribution in [0.2, 0.25) is 0 Å². The lowest BCUT2D eigenvalue weighted by atomic mass is 10.1. The number of hydrogen-bond acceptors (Lipinski definition) is 5. The number of aryl methyl sites for hydroxylation is 1. The van der Waals surface area contributed by atoms with E-state index in [2.05, 4.69) is 10.0 Å². The van der Waals surface area contributed by atoms with Crippen LogP contribution < -0.4 is 19.7 Å². The van der Waals surface area contributed by atoms with Crippen LogP contribution in [0.1, 0.15) is 31.7 Å². The van der Waals surface area contributed by atoms with Crippen LogP contribution in [0.3, 0.4) is 0 Å². The minimum atomic E-state index is -3.57. The second-order valence-corrected chi connectivity index (χ2v) is 9.61. The van der Waals surface area contributed by atoms with Gasteiger partial charge in [0.25, 0.3) is 0 Å². The summed E-state index contributed by atoms with van der Waals surface area (Å²) in [5, 5.41) is 2.78. The summed E-state index contributed by atoms with van der Waals surface area (Å²) in [4.78, 5) is 27.1. The third kappa shape index (κ3) is 5.46. The van der Waals surface area contributed by atoms with Crippen molar-refractivity contribution in [3.05, 3.63) is 48.0 Å². The van der Waals surface area contributed by atoms with E-state index < -0.39 is 15.9 Å². The molecule has 1 unspecified atom stereocenters. The summed E-state index contributed by atoms with van der Waals surface area (Å²) in [6.45, 7) is 4.55. The van der Waals surface area contributed by atoms with E-state index in [0.29, 0.717) is 23.7 Å². The molecule has 2 N–H and O–H groups in total. The van der Waals surface area contributed by atoms with Crippen molar-refractivity contribution in [2.45, 2.75) is 38.0 Å². The van der Waals surface area contributed by atoms with Gasteiger partial charge in [-0.25, -0.2) is 13.1 Å². The van der Waals surface area contributed by atoms with Gasteiger partial charge in [0.15, 0.2) is 0 Å². The largest absolute Gasteiger partial charge is 0.495 e. The van der Waals surface area contributed by atoms with E-state index in [9.17, 15) is 18.0 Å². The van der Waals surface area contributed by atoms with Crippen LogP contribution in [0.15, 0.2) is 47.4 Å². The number of carbonyl (C=O) groups excluding carboxylic acids is 2. The molecule has 0 bridgehead atoms. The molecular formula is C23H29N3O5S. The number of nitrogens with one attached hydrogen (secondary N) is 2. The second kappa shape index (κ2) is 10.1. The highest BCUT2D eigenvalue weighted by atomic mass is 32.2. The molecule has 3 rings (SSSR count). The molecule has 1 saturated heterocycles. The van der Waals surface area contributed by atoms with Crippen molar-refractivity contribution in [1.82, 2.24) is 4.72 Å². The summed E-state index contributed by atoms with van der Waals surface area (Å²) in [6.07, 6.45) is 1.75. The standard InChI is InChI=1S/C23H29N3O5S/c1-4-5-12-24-32(29,30)19-9-7-18(8-10-19)25-23(28)17-14-22(27)26(15-17)20-13-16(2)6-11-21(20)31-3/h6-11,13,17,24H,4-5,12,14-15H2,1-3H3,(H,25,28). The quantitative estimate of drug-likeness (QED) is 0.561. The summed E-state index contributed by atoms with van der Waals surface area (Å²) in [5.74, 6) is -0.376. The topological polar surface area (TPSA) is 105 Å². The lowest BCUT2D eigenvalue weighted by molar-refractivity contribution is -0.122. The van der Waals surface area contributed by atoms with Gasteiger partial charge in [-0.1, -0.05) is 19.4 Å². The summed E-state index contributed by atoms with van der Waals surface area (Å²) in [7, 11) is -2.03. The molecule has 8 nitrogen and oxygen atoms in total. The first-order valence-corrected chi connectivity index (χ1v) is 12.1. The summed E-state index contributed by atoms with van der Waals surface area (Å²) >= 11 is 0. The smallest absolute Gasteiger partial charge is 0.240 e. The van der Waals surface area contributed by atoms with Gasteiger partial charge in [0.1, 0.15) is 5.75 Å². The number of rotatable bonds is 9. The van der Waals surface area contributed by atoms with Crippen molar-refractivity contribution in [3.8, 4) is 5.75 Å². The molecule has 1 aliphatic heterocycles. The van der Waals surface area contributed by atoms with Gasteiger partial charge >= 0.3 is 0 Å². The van der Waals surface area contributed by atoms with E-state index in [1.165, 1.54) is 12.1 Å². The number of methoxy groups -OCH3 is 1. The zero-order chi connectivity index (χ0) is 23.3. The maximum atomic E-state index is 12.8. The third-order valence-corrected chi connectivity index (χ3v) is 6.85. The number of carbonyl (C=O) groups is 2. The average molecular weight is 460 g/mol. The van der Waals surface area contributed by atoms with Crippen molar-refractivity contribution < 1.29 is 22.7 Å². The molecule has 2 aromatic rings. The Balaban J connectivity index is 1.66. The van der Waals surface area contributed by atoms with E-state index in [4.69, 9.17) is 4.74 Å². The number of hydrogen-bond donors (Lipinski definition) is 2. The first kappa shape index (κ1) is 23.7.